The number of likely N-dealkylation sites (tertiary alicyclic amines) is 1. The Morgan fingerprint density at radius 1 is 1.00 bits per heavy atom. The summed E-state index contributed by atoms with van der Waals surface area (Å²) in [6.07, 6.45) is 3.12. The average Bonchev–Trinajstić information content (AvgIpc) is 2.65. The van der Waals surface area contributed by atoms with Gasteiger partial charge < -0.3 is 10.2 Å². The van der Waals surface area contributed by atoms with Crippen LogP contribution in [0.4, 0.5) is 4.79 Å². The van der Waals surface area contributed by atoms with Gasteiger partial charge in [0.2, 0.25) is 0 Å². The van der Waals surface area contributed by atoms with Crippen LogP contribution in [0.5, 0.6) is 0 Å². The van der Waals surface area contributed by atoms with Gasteiger partial charge >= 0.3 is 6.03 Å². The molecule has 0 aliphatic carbocycles. The number of benzene rings is 2. The monoisotopic (exact) mass is 349 g/mol. The van der Waals surface area contributed by atoms with Crippen molar-refractivity contribution in [3.63, 3.8) is 0 Å². The summed E-state index contributed by atoms with van der Waals surface area (Å²) in [5.41, 5.74) is 4.26. The first-order valence-corrected chi connectivity index (χ1v) is 9.67. The van der Waals surface area contributed by atoms with E-state index in [-0.39, 0.29) is 6.03 Å². The fraction of sp³-hybridized carbons (Fsp3) is 0.409. The Hall–Kier alpha value is -2.33. The molecule has 4 rings (SSSR count). The Balaban J connectivity index is 1.16. The molecule has 2 aliphatic heterocycles. The summed E-state index contributed by atoms with van der Waals surface area (Å²) in [6, 6.07) is 19.8. The highest BCUT2D eigenvalue weighted by molar-refractivity contribution is 5.75. The van der Waals surface area contributed by atoms with E-state index in [9.17, 15) is 4.79 Å². The van der Waals surface area contributed by atoms with Crippen molar-refractivity contribution in [3.8, 4) is 0 Å². The molecule has 0 aromatic heterocycles. The molecule has 0 saturated carbocycles. The molecule has 2 aliphatic rings. The average molecular weight is 349 g/mol. The Bertz CT molecular complexity index is 740. The van der Waals surface area contributed by atoms with Crippen LogP contribution in [0.2, 0.25) is 0 Å². The maximum atomic E-state index is 12.3. The zero-order valence-electron chi connectivity index (χ0n) is 15.2. The molecule has 26 heavy (non-hydrogen) atoms. The number of nitrogens with zero attached hydrogens (tertiary/aromatic N) is 2. The van der Waals surface area contributed by atoms with E-state index in [0.717, 1.165) is 52.0 Å². The molecule has 2 amide bonds. The Morgan fingerprint density at radius 3 is 2.54 bits per heavy atom. The standard InChI is InChI=1S/C22H27N3O/c26-22(23-13-6-9-18-7-2-1-3-8-18)25-16-21(17-25)24-14-12-19-10-4-5-11-20(19)15-24/h1-5,7-8,10-11,21H,6,9,12-17H2,(H,23,26). The van der Waals surface area contributed by atoms with Crippen LogP contribution in [0.1, 0.15) is 23.1 Å². The van der Waals surface area contributed by atoms with Crippen LogP contribution in [0.15, 0.2) is 54.6 Å². The van der Waals surface area contributed by atoms with Gasteiger partial charge in [-0.15, -0.1) is 0 Å². The van der Waals surface area contributed by atoms with Crippen LogP contribution in [0.3, 0.4) is 0 Å². The second-order valence-corrected chi connectivity index (χ2v) is 7.37. The maximum Gasteiger partial charge on any atom is 0.317 e. The number of hydrogen-bond donors (Lipinski definition) is 1. The van der Waals surface area contributed by atoms with Gasteiger partial charge in [0.15, 0.2) is 0 Å². The molecular formula is C22H27N3O. The molecule has 0 radical (unpaired) electrons. The van der Waals surface area contributed by atoms with Crippen molar-refractivity contribution in [2.75, 3.05) is 26.2 Å². The maximum absolute atomic E-state index is 12.3. The molecule has 4 nitrogen and oxygen atoms in total. The predicted molar refractivity (Wildman–Crippen MR) is 104 cm³/mol. The van der Waals surface area contributed by atoms with Crippen molar-refractivity contribution in [2.24, 2.45) is 0 Å². The molecule has 136 valence electrons. The largest absolute Gasteiger partial charge is 0.338 e. The third-order valence-corrected chi connectivity index (χ3v) is 5.59. The lowest BCUT2D eigenvalue weighted by Crippen LogP contribution is -2.63. The fourth-order valence-electron chi connectivity index (χ4n) is 3.93. The van der Waals surface area contributed by atoms with Crippen LogP contribution in [-0.4, -0.2) is 48.1 Å². The van der Waals surface area contributed by atoms with Crippen molar-refractivity contribution in [3.05, 3.63) is 71.3 Å². The minimum absolute atomic E-state index is 0.0896. The topological polar surface area (TPSA) is 35.6 Å². The minimum atomic E-state index is 0.0896. The van der Waals surface area contributed by atoms with E-state index < -0.39 is 0 Å². The molecule has 0 bridgehead atoms. The molecule has 2 aromatic rings. The quantitative estimate of drug-likeness (QED) is 0.842. The molecule has 1 saturated heterocycles. The lowest BCUT2D eigenvalue weighted by molar-refractivity contribution is 0.0484. The van der Waals surface area contributed by atoms with E-state index in [2.05, 4.69) is 58.7 Å². The number of carbonyl (C=O) groups excluding carboxylic acids is 1. The summed E-state index contributed by atoms with van der Waals surface area (Å²) in [5.74, 6) is 0. The van der Waals surface area contributed by atoms with Crippen molar-refractivity contribution >= 4 is 6.03 Å². The van der Waals surface area contributed by atoms with Gasteiger partial charge in [0.1, 0.15) is 0 Å². The summed E-state index contributed by atoms with van der Waals surface area (Å²) < 4.78 is 0. The third-order valence-electron chi connectivity index (χ3n) is 5.59. The Labute approximate surface area is 155 Å². The molecule has 0 atom stereocenters. The number of aryl methyl sites for hydroxylation is 1. The first kappa shape index (κ1) is 17.1. The number of fused-ring (bicyclic) bond motifs is 1. The van der Waals surface area contributed by atoms with Crippen molar-refractivity contribution < 1.29 is 4.79 Å². The van der Waals surface area contributed by atoms with E-state index >= 15 is 0 Å². The number of hydrogen-bond acceptors (Lipinski definition) is 2. The van der Waals surface area contributed by atoms with Crippen molar-refractivity contribution in [1.29, 1.82) is 0 Å². The lowest BCUT2D eigenvalue weighted by atomic mass is 9.97. The number of urea groups is 1. The normalized spacial score (nSPS) is 17.5. The van der Waals surface area contributed by atoms with E-state index in [1.165, 1.54) is 16.7 Å². The highest BCUT2D eigenvalue weighted by Gasteiger charge is 2.35. The van der Waals surface area contributed by atoms with Gasteiger partial charge in [0, 0.05) is 38.8 Å². The van der Waals surface area contributed by atoms with Gasteiger partial charge in [-0.1, -0.05) is 54.6 Å². The molecule has 4 heteroatoms. The molecule has 1 fully saturated rings. The van der Waals surface area contributed by atoms with Gasteiger partial charge in [0.05, 0.1) is 0 Å². The predicted octanol–water partition coefficient (Wildman–Crippen LogP) is 3.07. The van der Waals surface area contributed by atoms with Gasteiger partial charge in [0.25, 0.3) is 0 Å². The summed E-state index contributed by atoms with van der Waals surface area (Å²) in [4.78, 5) is 16.7. The number of nitrogens with one attached hydrogen (secondary N) is 1. The van der Waals surface area contributed by atoms with Gasteiger partial charge in [-0.2, -0.15) is 0 Å². The first-order valence-electron chi connectivity index (χ1n) is 9.67. The third kappa shape index (κ3) is 3.91. The van der Waals surface area contributed by atoms with Gasteiger partial charge in [-0.25, -0.2) is 4.79 Å². The highest BCUT2D eigenvalue weighted by atomic mass is 16.2. The zero-order valence-corrected chi connectivity index (χ0v) is 15.2. The summed E-state index contributed by atoms with van der Waals surface area (Å²) in [7, 11) is 0. The first-order chi connectivity index (χ1) is 12.8. The van der Waals surface area contributed by atoms with Crippen LogP contribution in [0.25, 0.3) is 0 Å². The second-order valence-electron chi connectivity index (χ2n) is 7.37. The highest BCUT2D eigenvalue weighted by Crippen LogP contribution is 2.24. The molecule has 0 unspecified atom stereocenters. The SMILES string of the molecule is O=C(NCCCc1ccccc1)N1CC(N2CCc3ccccc3C2)C1. The fourth-order valence-corrected chi connectivity index (χ4v) is 3.93. The Kier molecular flexibility index (Phi) is 5.21. The van der Waals surface area contributed by atoms with Gasteiger partial charge in [-0.3, -0.25) is 4.90 Å². The van der Waals surface area contributed by atoms with Crippen molar-refractivity contribution in [2.45, 2.75) is 31.8 Å². The molecule has 0 spiro atoms. The summed E-state index contributed by atoms with van der Waals surface area (Å²) in [5, 5.41) is 3.06. The van der Waals surface area contributed by atoms with E-state index in [1.807, 2.05) is 11.0 Å². The Morgan fingerprint density at radius 2 is 1.73 bits per heavy atom. The van der Waals surface area contributed by atoms with E-state index in [4.69, 9.17) is 0 Å². The number of carbonyl (C=O) groups is 1. The van der Waals surface area contributed by atoms with Gasteiger partial charge in [-0.05, 0) is 36.0 Å². The minimum Gasteiger partial charge on any atom is -0.338 e. The summed E-state index contributed by atoms with van der Waals surface area (Å²) in [6.45, 7) is 4.58. The molecule has 2 aromatic carbocycles. The van der Waals surface area contributed by atoms with Crippen LogP contribution < -0.4 is 5.32 Å². The van der Waals surface area contributed by atoms with Crippen molar-refractivity contribution in [1.82, 2.24) is 15.1 Å². The van der Waals surface area contributed by atoms with Crippen LogP contribution >= 0.6 is 0 Å². The lowest BCUT2D eigenvalue weighted by Gasteiger charge is -2.46. The van der Waals surface area contributed by atoms with Crippen LogP contribution in [-0.2, 0) is 19.4 Å². The smallest absolute Gasteiger partial charge is 0.317 e. The number of amides is 2. The van der Waals surface area contributed by atoms with Crippen LogP contribution in [0, 0.1) is 0 Å². The number of rotatable bonds is 5. The molecular weight excluding hydrogens is 322 g/mol. The molecule has 1 N–H and O–H groups in total. The zero-order chi connectivity index (χ0) is 17.8. The van der Waals surface area contributed by atoms with E-state index in [1.54, 1.807) is 0 Å². The second kappa shape index (κ2) is 7.92. The summed E-state index contributed by atoms with van der Waals surface area (Å²) >= 11 is 0. The van der Waals surface area contributed by atoms with E-state index in [0.29, 0.717) is 6.04 Å². The molecule has 2 heterocycles.